The zero-order valence-electron chi connectivity index (χ0n) is 12.0. The third-order valence-corrected chi connectivity index (χ3v) is 3.72. The van der Waals surface area contributed by atoms with Gasteiger partial charge in [0, 0.05) is 35.8 Å². The molecule has 0 fully saturated rings. The Labute approximate surface area is 129 Å². The molecular formula is C17H16ClN3. The first-order chi connectivity index (χ1) is 10.0. The van der Waals surface area contributed by atoms with Crippen LogP contribution in [0.5, 0.6) is 0 Å². The molecule has 0 amide bonds. The number of halogens is 1. The van der Waals surface area contributed by atoms with Gasteiger partial charge in [0.2, 0.25) is 0 Å². The Morgan fingerprint density at radius 2 is 1.86 bits per heavy atom. The van der Waals surface area contributed by atoms with Crippen molar-refractivity contribution in [1.82, 2.24) is 4.98 Å². The Bertz CT molecular complexity index is 812. The molecule has 3 aromatic rings. The van der Waals surface area contributed by atoms with Crippen LogP contribution in [-0.2, 0) is 0 Å². The highest BCUT2D eigenvalue weighted by molar-refractivity contribution is 6.30. The van der Waals surface area contributed by atoms with E-state index in [1.807, 2.05) is 49.3 Å². The topological polar surface area (TPSA) is 42.1 Å². The average molecular weight is 298 g/mol. The van der Waals surface area contributed by atoms with E-state index < -0.39 is 0 Å². The van der Waals surface area contributed by atoms with Crippen LogP contribution in [0, 0.1) is 0 Å². The van der Waals surface area contributed by atoms with Crippen LogP contribution < -0.4 is 10.6 Å². The predicted molar refractivity (Wildman–Crippen MR) is 90.9 cm³/mol. The summed E-state index contributed by atoms with van der Waals surface area (Å²) in [5.74, 6) is 0.515. The van der Waals surface area contributed by atoms with E-state index in [9.17, 15) is 0 Å². The number of hydrogen-bond donors (Lipinski definition) is 1. The lowest BCUT2D eigenvalue weighted by Crippen LogP contribution is -2.08. The molecule has 0 aliphatic rings. The van der Waals surface area contributed by atoms with E-state index >= 15 is 0 Å². The summed E-state index contributed by atoms with van der Waals surface area (Å²) in [4.78, 5) is 6.58. The second kappa shape index (κ2) is 5.26. The van der Waals surface area contributed by atoms with Crippen molar-refractivity contribution in [3.05, 3.63) is 53.6 Å². The lowest BCUT2D eigenvalue weighted by atomic mass is 10.0. The number of nitrogens with two attached hydrogens (primary N) is 1. The van der Waals surface area contributed by atoms with Crippen molar-refractivity contribution in [3.8, 4) is 11.1 Å². The first-order valence-electron chi connectivity index (χ1n) is 6.68. The molecule has 3 rings (SSSR count). The Balaban J connectivity index is 2.18. The number of anilines is 2. The van der Waals surface area contributed by atoms with Gasteiger partial charge in [-0.2, -0.15) is 0 Å². The molecule has 0 saturated carbocycles. The van der Waals surface area contributed by atoms with Gasteiger partial charge in [0.25, 0.3) is 0 Å². The molecule has 2 N–H and O–H groups in total. The van der Waals surface area contributed by atoms with Crippen molar-refractivity contribution in [3.63, 3.8) is 0 Å². The Morgan fingerprint density at radius 1 is 1.05 bits per heavy atom. The molecule has 1 heterocycles. The van der Waals surface area contributed by atoms with Gasteiger partial charge >= 0.3 is 0 Å². The Morgan fingerprint density at radius 3 is 2.57 bits per heavy atom. The number of pyridine rings is 1. The third-order valence-electron chi connectivity index (χ3n) is 3.48. The van der Waals surface area contributed by atoms with Crippen molar-refractivity contribution in [2.75, 3.05) is 24.7 Å². The van der Waals surface area contributed by atoms with Crippen molar-refractivity contribution in [1.29, 1.82) is 0 Å². The molecule has 0 aliphatic carbocycles. The zero-order valence-corrected chi connectivity index (χ0v) is 12.7. The molecule has 0 saturated heterocycles. The standard InChI is InChI=1S/C17H16ClN3/c1-21(2)14-7-6-12-9-15(17(19)20-16(12)10-14)11-4-3-5-13(18)8-11/h3-10H,1-2H3,(H2,19,20). The SMILES string of the molecule is CN(C)c1ccc2cc(-c3cccc(Cl)c3)c(N)nc2c1. The molecule has 21 heavy (non-hydrogen) atoms. The molecule has 0 bridgehead atoms. The lowest BCUT2D eigenvalue weighted by Gasteiger charge is -2.14. The zero-order chi connectivity index (χ0) is 15.0. The molecule has 0 atom stereocenters. The number of rotatable bonds is 2. The number of nitrogen functional groups attached to an aromatic ring is 1. The number of aromatic nitrogens is 1. The minimum atomic E-state index is 0.515. The van der Waals surface area contributed by atoms with E-state index in [0.717, 1.165) is 27.7 Å². The quantitative estimate of drug-likeness (QED) is 0.770. The van der Waals surface area contributed by atoms with Crippen molar-refractivity contribution >= 4 is 34.0 Å². The van der Waals surface area contributed by atoms with Crippen LogP contribution in [-0.4, -0.2) is 19.1 Å². The molecule has 0 radical (unpaired) electrons. The highest BCUT2D eigenvalue weighted by atomic mass is 35.5. The number of benzene rings is 2. The fraction of sp³-hybridized carbons (Fsp3) is 0.118. The molecule has 106 valence electrons. The second-order valence-corrected chi connectivity index (χ2v) is 5.64. The molecule has 3 nitrogen and oxygen atoms in total. The predicted octanol–water partition coefficient (Wildman–Crippen LogP) is 4.20. The fourth-order valence-electron chi connectivity index (χ4n) is 2.34. The summed E-state index contributed by atoms with van der Waals surface area (Å²) in [7, 11) is 4.01. The lowest BCUT2D eigenvalue weighted by molar-refractivity contribution is 1.13. The molecular weight excluding hydrogens is 282 g/mol. The van der Waals surface area contributed by atoms with E-state index in [2.05, 4.69) is 23.2 Å². The van der Waals surface area contributed by atoms with Crippen LogP contribution in [0.25, 0.3) is 22.0 Å². The van der Waals surface area contributed by atoms with Crippen LogP contribution in [0.2, 0.25) is 5.02 Å². The van der Waals surface area contributed by atoms with E-state index in [4.69, 9.17) is 17.3 Å². The van der Waals surface area contributed by atoms with Crippen LogP contribution >= 0.6 is 11.6 Å². The van der Waals surface area contributed by atoms with Gasteiger partial charge in [-0.25, -0.2) is 4.98 Å². The Hall–Kier alpha value is -2.26. The highest BCUT2D eigenvalue weighted by Gasteiger charge is 2.08. The second-order valence-electron chi connectivity index (χ2n) is 5.20. The smallest absolute Gasteiger partial charge is 0.131 e. The third kappa shape index (κ3) is 2.65. The van der Waals surface area contributed by atoms with Crippen LogP contribution in [0.3, 0.4) is 0 Å². The van der Waals surface area contributed by atoms with Gasteiger partial charge in [0.15, 0.2) is 0 Å². The monoisotopic (exact) mass is 297 g/mol. The van der Waals surface area contributed by atoms with Gasteiger partial charge in [-0.3, -0.25) is 0 Å². The fourth-order valence-corrected chi connectivity index (χ4v) is 2.53. The molecule has 0 aliphatic heterocycles. The van der Waals surface area contributed by atoms with E-state index in [-0.39, 0.29) is 0 Å². The van der Waals surface area contributed by atoms with Crippen LogP contribution in [0.1, 0.15) is 0 Å². The Kier molecular flexibility index (Phi) is 3.43. The summed E-state index contributed by atoms with van der Waals surface area (Å²) in [6.45, 7) is 0. The molecule has 2 aromatic carbocycles. The normalized spacial score (nSPS) is 10.8. The summed E-state index contributed by atoms with van der Waals surface area (Å²) in [6, 6.07) is 15.9. The van der Waals surface area contributed by atoms with Crippen LogP contribution in [0.15, 0.2) is 48.5 Å². The van der Waals surface area contributed by atoms with Crippen molar-refractivity contribution in [2.24, 2.45) is 0 Å². The van der Waals surface area contributed by atoms with E-state index in [1.165, 1.54) is 0 Å². The van der Waals surface area contributed by atoms with Gasteiger partial charge in [0.05, 0.1) is 5.52 Å². The summed E-state index contributed by atoms with van der Waals surface area (Å²) >= 11 is 6.05. The largest absolute Gasteiger partial charge is 0.383 e. The maximum Gasteiger partial charge on any atom is 0.131 e. The summed E-state index contributed by atoms with van der Waals surface area (Å²) in [5.41, 5.74) is 10.0. The van der Waals surface area contributed by atoms with Crippen LogP contribution in [0.4, 0.5) is 11.5 Å². The number of fused-ring (bicyclic) bond motifs is 1. The van der Waals surface area contributed by atoms with Crippen molar-refractivity contribution in [2.45, 2.75) is 0 Å². The first-order valence-corrected chi connectivity index (χ1v) is 7.06. The number of nitrogens with zero attached hydrogens (tertiary/aromatic N) is 2. The summed E-state index contributed by atoms with van der Waals surface area (Å²) < 4.78 is 0. The van der Waals surface area contributed by atoms with Gasteiger partial charge < -0.3 is 10.6 Å². The van der Waals surface area contributed by atoms with Gasteiger partial charge in [-0.05, 0) is 35.9 Å². The molecule has 0 spiro atoms. The maximum absolute atomic E-state index is 6.13. The van der Waals surface area contributed by atoms with E-state index in [0.29, 0.717) is 10.8 Å². The summed E-state index contributed by atoms with van der Waals surface area (Å²) in [6.07, 6.45) is 0. The van der Waals surface area contributed by atoms with Gasteiger partial charge in [-0.1, -0.05) is 29.8 Å². The molecule has 1 aromatic heterocycles. The van der Waals surface area contributed by atoms with E-state index in [1.54, 1.807) is 0 Å². The molecule has 4 heteroatoms. The maximum atomic E-state index is 6.13. The van der Waals surface area contributed by atoms with Crippen molar-refractivity contribution < 1.29 is 0 Å². The molecule has 0 unspecified atom stereocenters. The van der Waals surface area contributed by atoms with Gasteiger partial charge in [0.1, 0.15) is 5.82 Å². The first kappa shape index (κ1) is 13.7. The highest BCUT2D eigenvalue weighted by Crippen LogP contribution is 2.31. The number of hydrogen-bond acceptors (Lipinski definition) is 3. The summed E-state index contributed by atoms with van der Waals surface area (Å²) in [5, 5.41) is 1.75. The average Bonchev–Trinajstić information content (AvgIpc) is 2.45. The van der Waals surface area contributed by atoms with Gasteiger partial charge in [-0.15, -0.1) is 0 Å². The minimum absolute atomic E-state index is 0.515. The minimum Gasteiger partial charge on any atom is -0.383 e.